The van der Waals surface area contributed by atoms with E-state index >= 15 is 0 Å². The number of hydrogen-bond donors (Lipinski definition) is 0. The molecule has 0 N–H and O–H groups in total. The first-order valence-corrected chi connectivity index (χ1v) is 14.0. The van der Waals surface area contributed by atoms with Crippen molar-refractivity contribution in [3.8, 4) is 27.9 Å². The number of aromatic nitrogens is 2. The van der Waals surface area contributed by atoms with E-state index < -0.39 is 0 Å². The number of imidazole rings is 1. The van der Waals surface area contributed by atoms with Gasteiger partial charge in [0.25, 0.3) is 0 Å². The number of fused-ring (bicyclic) bond motifs is 3. The lowest BCUT2D eigenvalue weighted by Gasteiger charge is -2.20. The molecule has 2 nitrogen and oxygen atoms in total. The van der Waals surface area contributed by atoms with Crippen molar-refractivity contribution in [2.75, 3.05) is 0 Å². The van der Waals surface area contributed by atoms with Crippen LogP contribution in [0.1, 0.15) is 17.0 Å². The van der Waals surface area contributed by atoms with Crippen LogP contribution in [0, 0.1) is 13.8 Å². The van der Waals surface area contributed by atoms with Crippen LogP contribution >= 0.6 is 0 Å². The van der Waals surface area contributed by atoms with Gasteiger partial charge in [0.05, 0.1) is 11.0 Å². The molecule has 0 fully saturated rings. The Kier molecular flexibility index (Phi) is 6.10. The first-order valence-electron chi connectivity index (χ1n) is 14.0. The van der Waals surface area contributed by atoms with E-state index in [1.807, 2.05) is 18.2 Å². The number of para-hydroxylation sites is 2. The molecular formula is C39H30N2. The average molecular weight is 527 g/mol. The predicted octanol–water partition coefficient (Wildman–Crippen LogP) is 10.5. The molecule has 7 rings (SSSR count). The van der Waals surface area contributed by atoms with Gasteiger partial charge in [-0.05, 0) is 99.1 Å². The number of aryl methyl sites for hydroxylation is 1. The Morgan fingerprint density at radius 3 is 2.10 bits per heavy atom. The minimum absolute atomic E-state index is 0.983. The Hall–Kier alpha value is -5.21. The van der Waals surface area contributed by atoms with Gasteiger partial charge >= 0.3 is 0 Å². The van der Waals surface area contributed by atoms with Gasteiger partial charge in [-0.25, -0.2) is 4.98 Å². The van der Waals surface area contributed by atoms with E-state index in [0.717, 1.165) is 22.5 Å². The fourth-order valence-electron chi connectivity index (χ4n) is 6.24. The largest absolute Gasteiger partial charge is 0.297 e. The summed E-state index contributed by atoms with van der Waals surface area (Å²) in [6.45, 7) is 8.27. The van der Waals surface area contributed by atoms with Gasteiger partial charge < -0.3 is 0 Å². The van der Waals surface area contributed by atoms with E-state index in [0.29, 0.717) is 0 Å². The van der Waals surface area contributed by atoms with Crippen molar-refractivity contribution in [3.63, 3.8) is 0 Å². The molecule has 0 aliphatic carbocycles. The van der Waals surface area contributed by atoms with Gasteiger partial charge in [-0.3, -0.25) is 4.57 Å². The zero-order chi connectivity index (χ0) is 27.9. The van der Waals surface area contributed by atoms with Crippen LogP contribution in [0.15, 0.2) is 134 Å². The lowest BCUT2D eigenvalue weighted by atomic mass is 9.83. The fraction of sp³-hybridized carbons (Fsp3) is 0.0513. The highest BCUT2D eigenvalue weighted by molar-refractivity contribution is 6.10. The van der Waals surface area contributed by atoms with Gasteiger partial charge in [0.1, 0.15) is 5.82 Å². The topological polar surface area (TPSA) is 17.8 Å². The second-order valence-corrected chi connectivity index (χ2v) is 10.5. The van der Waals surface area contributed by atoms with E-state index in [-0.39, 0.29) is 0 Å². The van der Waals surface area contributed by atoms with E-state index in [2.05, 4.69) is 140 Å². The Labute approximate surface area is 240 Å². The predicted molar refractivity (Wildman–Crippen MR) is 176 cm³/mol. The van der Waals surface area contributed by atoms with Crippen molar-refractivity contribution < 1.29 is 0 Å². The summed E-state index contributed by atoms with van der Waals surface area (Å²) in [5.74, 6) is 0.983. The normalized spacial score (nSPS) is 11.7. The average Bonchev–Trinajstić information content (AvgIpc) is 3.35. The van der Waals surface area contributed by atoms with Gasteiger partial charge in [0.15, 0.2) is 0 Å². The van der Waals surface area contributed by atoms with Gasteiger partial charge in [0.2, 0.25) is 0 Å². The second kappa shape index (κ2) is 10.1. The van der Waals surface area contributed by atoms with Crippen molar-refractivity contribution in [1.82, 2.24) is 9.55 Å². The van der Waals surface area contributed by atoms with Crippen molar-refractivity contribution in [3.05, 3.63) is 151 Å². The van der Waals surface area contributed by atoms with Gasteiger partial charge in [-0.1, -0.05) is 110 Å². The molecule has 1 heterocycles. The minimum Gasteiger partial charge on any atom is -0.297 e. The van der Waals surface area contributed by atoms with Crippen molar-refractivity contribution in [2.45, 2.75) is 13.8 Å². The van der Waals surface area contributed by atoms with Crippen molar-refractivity contribution >= 4 is 38.7 Å². The Bertz CT molecular complexity index is 2120. The van der Waals surface area contributed by atoms with Gasteiger partial charge in [-0.15, -0.1) is 0 Å². The van der Waals surface area contributed by atoms with Gasteiger partial charge in [0, 0.05) is 5.69 Å². The zero-order valence-corrected chi connectivity index (χ0v) is 23.3. The van der Waals surface area contributed by atoms with Crippen LogP contribution in [-0.4, -0.2) is 9.55 Å². The molecule has 0 saturated heterocycles. The maximum Gasteiger partial charge on any atom is 0.111 e. The number of rotatable bonds is 5. The summed E-state index contributed by atoms with van der Waals surface area (Å²) >= 11 is 0. The summed E-state index contributed by atoms with van der Waals surface area (Å²) < 4.78 is 2.23. The van der Waals surface area contributed by atoms with Crippen LogP contribution in [0.3, 0.4) is 0 Å². The molecule has 0 atom stereocenters. The van der Waals surface area contributed by atoms with Gasteiger partial charge in [-0.2, -0.15) is 0 Å². The molecule has 0 aliphatic rings. The van der Waals surface area contributed by atoms with Crippen LogP contribution in [0.25, 0.3) is 66.6 Å². The van der Waals surface area contributed by atoms with Crippen molar-refractivity contribution in [2.24, 2.45) is 0 Å². The second-order valence-electron chi connectivity index (χ2n) is 10.5. The molecule has 41 heavy (non-hydrogen) atoms. The first kappa shape index (κ1) is 24.8. The third-order valence-electron chi connectivity index (χ3n) is 8.09. The molecule has 0 unspecified atom stereocenters. The molecule has 6 aromatic carbocycles. The smallest absolute Gasteiger partial charge is 0.111 e. The maximum atomic E-state index is 4.77. The summed E-state index contributed by atoms with van der Waals surface area (Å²) in [5, 5.41) is 4.99. The molecule has 0 bridgehead atoms. The molecule has 0 spiro atoms. The molecule has 0 amide bonds. The highest BCUT2D eigenvalue weighted by Crippen LogP contribution is 2.43. The van der Waals surface area contributed by atoms with E-state index in [1.165, 1.54) is 54.9 Å². The number of nitrogens with zero attached hydrogens (tertiary/aromatic N) is 2. The Morgan fingerprint density at radius 1 is 0.659 bits per heavy atom. The van der Waals surface area contributed by atoms with Crippen LogP contribution in [0.4, 0.5) is 0 Å². The molecule has 2 heteroatoms. The summed E-state index contributed by atoms with van der Waals surface area (Å²) in [7, 11) is 0. The third-order valence-corrected chi connectivity index (χ3v) is 8.09. The van der Waals surface area contributed by atoms with Crippen LogP contribution in [0.5, 0.6) is 0 Å². The summed E-state index contributed by atoms with van der Waals surface area (Å²) in [6, 6.07) is 41.4. The minimum atomic E-state index is 0.983. The molecule has 1 aromatic heterocycles. The molecule has 7 aromatic rings. The summed E-state index contributed by atoms with van der Waals surface area (Å²) in [4.78, 5) is 4.77. The quantitative estimate of drug-likeness (QED) is 0.204. The lowest BCUT2D eigenvalue weighted by Crippen LogP contribution is -1.98. The number of benzene rings is 6. The Morgan fingerprint density at radius 2 is 1.32 bits per heavy atom. The molecule has 0 aliphatic heterocycles. The number of hydrogen-bond acceptors (Lipinski definition) is 1. The highest BCUT2D eigenvalue weighted by Gasteiger charge is 2.18. The molecule has 0 radical (unpaired) electrons. The maximum absolute atomic E-state index is 4.77. The molecule has 0 saturated carbocycles. The van der Waals surface area contributed by atoms with E-state index in [9.17, 15) is 0 Å². The van der Waals surface area contributed by atoms with Crippen LogP contribution in [-0.2, 0) is 0 Å². The highest BCUT2D eigenvalue weighted by atomic mass is 15.1. The summed E-state index contributed by atoms with van der Waals surface area (Å²) in [5.41, 5.74) is 10.6. The fourth-order valence-corrected chi connectivity index (χ4v) is 6.24. The molecule has 196 valence electrons. The zero-order valence-electron chi connectivity index (χ0n) is 23.3. The lowest BCUT2D eigenvalue weighted by molar-refractivity contribution is 1.00. The number of allylic oxidation sites excluding steroid dienone is 2. The SMILES string of the molecule is C=C/C=C\c1c(C)c(-c2ccc(-n3c(C)nc4ccccc43)cc2)c2ccccc2c1-c1ccc2ccccc2c1. The third kappa shape index (κ3) is 4.16. The van der Waals surface area contributed by atoms with Crippen LogP contribution in [0.2, 0.25) is 0 Å². The summed E-state index contributed by atoms with van der Waals surface area (Å²) in [6.07, 6.45) is 6.10. The van der Waals surface area contributed by atoms with E-state index in [4.69, 9.17) is 4.98 Å². The van der Waals surface area contributed by atoms with Crippen LogP contribution < -0.4 is 0 Å². The van der Waals surface area contributed by atoms with E-state index in [1.54, 1.807) is 0 Å². The monoisotopic (exact) mass is 526 g/mol. The van der Waals surface area contributed by atoms with Crippen molar-refractivity contribution in [1.29, 1.82) is 0 Å². The first-order chi connectivity index (χ1) is 20.1. The molecular weight excluding hydrogens is 496 g/mol. The standard InChI is InChI=1S/C39H30N2/c1-4-5-14-33-26(2)38(29-21-23-32(24-22-29)41-27(3)40-36-17-10-11-18-37(36)41)34-15-8-9-16-35(34)39(33)31-20-19-28-12-6-7-13-30(28)25-31/h4-25H,1H2,2-3H3/b14-5-. The Balaban J connectivity index is 1.45.